The average molecular weight is 420 g/mol. The number of benzene rings is 3. The number of hydrogen-bond acceptors (Lipinski definition) is 5. The second kappa shape index (κ2) is 7.50. The summed E-state index contributed by atoms with van der Waals surface area (Å²) in [4.78, 5) is 17.1. The molecule has 0 bridgehead atoms. The molecule has 0 saturated carbocycles. The summed E-state index contributed by atoms with van der Waals surface area (Å²) in [5.41, 5.74) is 4.64. The maximum Gasteiger partial charge on any atom is 0.321 e. The van der Waals surface area contributed by atoms with Crippen molar-refractivity contribution in [3.05, 3.63) is 59.2 Å². The molecule has 0 radical (unpaired) electrons. The highest BCUT2D eigenvalue weighted by Crippen LogP contribution is 2.39. The van der Waals surface area contributed by atoms with E-state index in [-0.39, 0.29) is 6.03 Å². The molecule has 1 aromatic heterocycles. The Hall–Kier alpha value is -3.32. The fourth-order valence-corrected chi connectivity index (χ4v) is 5.01. The molecule has 2 amide bonds. The maximum atomic E-state index is 12.4. The number of ether oxygens (including phenoxy) is 2. The molecule has 152 valence electrons. The fourth-order valence-electron chi connectivity index (χ4n) is 4.07. The first-order valence-electron chi connectivity index (χ1n) is 9.76. The monoisotopic (exact) mass is 419 g/mol. The number of carbonyl (C=O) groups excluding carboxylic acids is 1. The highest BCUT2D eigenvalue weighted by atomic mass is 32.1. The van der Waals surface area contributed by atoms with Gasteiger partial charge < -0.3 is 14.8 Å². The summed E-state index contributed by atoms with van der Waals surface area (Å²) in [5, 5.41) is 8.84. The van der Waals surface area contributed by atoms with Gasteiger partial charge in [0.2, 0.25) is 0 Å². The number of rotatable bonds is 5. The lowest BCUT2D eigenvalue weighted by Crippen LogP contribution is -2.28. The van der Waals surface area contributed by atoms with E-state index < -0.39 is 0 Å². The first-order valence-corrected chi connectivity index (χ1v) is 10.6. The lowest BCUT2D eigenvalue weighted by molar-refractivity contribution is 0.251. The van der Waals surface area contributed by atoms with Crippen molar-refractivity contribution < 1.29 is 14.3 Å². The minimum atomic E-state index is -0.291. The van der Waals surface area contributed by atoms with Crippen LogP contribution in [0, 0.1) is 0 Å². The standard InChI is InChI=1S/C23H21N3O3S/c1-28-17-9-6-13(10-18(17)29-2)12-24-22(27)26-23-25-21-16-5-3-4-14-7-8-15(20(14)16)11-19(21)30-23/h3-6,9-11H,7-8,12H2,1-2H3,(H2,24,25,26,27). The zero-order valence-corrected chi connectivity index (χ0v) is 17.6. The van der Waals surface area contributed by atoms with E-state index in [1.54, 1.807) is 14.2 Å². The Balaban J connectivity index is 1.33. The molecule has 1 aliphatic rings. The van der Waals surface area contributed by atoms with Crippen molar-refractivity contribution in [2.75, 3.05) is 19.5 Å². The summed E-state index contributed by atoms with van der Waals surface area (Å²) in [6.45, 7) is 0.369. The van der Waals surface area contributed by atoms with Crippen LogP contribution in [0.25, 0.3) is 21.0 Å². The molecule has 0 saturated heterocycles. The quantitative estimate of drug-likeness (QED) is 0.483. The van der Waals surface area contributed by atoms with Crippen LogP contribution in [-0.2, 0) is 19.4 Å². The van der Waals surface area contributed by atoms with Gasteiger partial charge >= 0.3 is 6.03 Å². The minimum Gasteiger partial charge on any atom is -0.493 e. The Kier molecular flexibility index (Phi) is 4.67. The minimum absolute atomic E-state index is 0.291. The Labute approximate surface area is 177 Å². The third-order valence-corrected chi connectivity index (χ3v) is 6.39. The number of aromatic nitrogens is 1. The van der Waals surface area contributed by atoms with Gasteiger partial charge in [0.1, 0.15) is 0 Å². The highest BCUT2D eigenvalue weighted by Gasteiger charge is 2.19. The smallest absolute Gasteiger partial charge is 0.321 e. The van der Waals surface area contributed by atoms with Crippen molar-refractivity contribution >= 4 is 43.5 Å². The number of anilines is 1. The van der Waals surface area contributed by atoms with E-state index in [1.165, 1.54) is 33.2 Å². The molecule has 4 aromatic rings. The first kappa shape index (κ1) is 18.7. The number of nitrogens with one attached hydrogen (secondary N) is 2. The van der Waals surface area contributed by atoms with Gasteiger partial charge in [-0.05, 0) is 53.1 Å². The number of aryl methyl sites for hydroxylation is 2. The van der Waals surface area contributed by atoms with Gasteiger partial charge in [0.05, 0.1) is 24.4 Å². The maximum absolute atomic E-state index is 12.4. The van der Waals surface area contributed by atoms with Crippen LogP contribution in [-0.4, -0.2) is 25.2 Å². The number of amides is 2. The number of carbonyl (C=O) groups is 1. The molecule has 0 spiro atoms. The molecule has 0 fully saturated rings. The molecular formula is C23H21N3O3S. The molecule has 5 rings (SSSR count). The van der Waals surface area contributed by atoms with Crippen molar-refractivity contribution in [1.29, 1.82) is 0 Å². The van der Waals surface area contributed by atoms with Gasteiger partial charge in [-0.25, -0.2) is 9.78 Å². The first-order chi connectivity index (χ1) is 14.7. The fraction of sp³-hybridized carbons (Fsp3) is 0.217. The van der Waals surface area contributed by atoms with Crippen molar-refractivity contribution in [3.63, 3.8) is 0 Å². The molecular weight excluding hydrogens is 398 g/mol. The van der Waals surface area contributed by atoms with Crippen molar-refractivity contribution in [3.8, 4) is 11.5 Å². The SMILES string of the molecule is COc1ccc(CNC(=O)Nc2nc3c(cc4c5c(cccc53)CC4)s2)cc1OC. The van der Waals surface area contributed by atoms with E-state index in [2.05, 4.69) is 34.9 Å². The van der Waals surface area contributed by atoms with Gasteiger partial charge in [-0.1, -0.05) is 35.6 Å². The summed E-state index contributed by atoms with van der Waals surface area (Å²) in [7, 11) is 3.18. The molecule has 0 unspecified atom stereocenters. The van der Waals surface area contributed by atoms with Gasteiger partial charge in [-0.15, -0.1) is 0 Å². The number of fused-ring (bicyclic) bond motifs is 2. The van der Waals surface area contributed by atoms with Crippen LogP contribution in [0.15, 0.2) is 42.5 Å². The zero-order valence-electron chi connectivity index (χ0n) is 16.7. The van der Waals surface area contributed by atoms with E-state index in [4.69, 9.17) is 14.5 Å². The molecule has 3 aromatic carbocycles. The van der Waals surface area contributed by atoms with Gasteiger partial charge in [-0.2, -0.15) is 0 Å². The molecule has 7 heteroatoms. The summed E-state index contributed by atoms with van der Waals surface area (Å²) < 4.78 is 11.7. The molecule has 2 N–H and O–H groups in total. The van der Waals surface area contributed by atoms with Gasteiger partial charge in [0.25, 0.3) is 0 Å². The van der Waals surface area contributed by atoms with Crippen molar-refractivity contribution in [1.82, 2.24) is 10.3 Å². The number of urea groups is 1. The van der Waals surface area contributed by atoms with Crippen molar-refractivity contribution in [2.45, 2.75) is 19.4 Å². The topological polar surface area (TPSA) is 72.5 Å². The van der Waals surface area contributed by atoms with Gasteiger partial charge in [0.15, 0.2) is 16.6 Å². The molecule has 1 heterocycles. The number of hydrogen-bond donors (Lipinski definition) is 2. The second-order valence-corrected chi connectivity index (χ2v) is 8.27. The van der Waals surface area contributed by atoms with E-state index in [0.717, 1.165) is 28.6 Å². The Morgan fingerprint density at radius 1 is 1.07 bits per heavy atom. The van der Waals surface area contributed by atoms with Crippen LogP contribution in [0.5, 0.6) is 11.5 Å². The van der Waals surface area contributed by atoms with Gasteiger partial charge in [-0.3, -0.25) is 5.32 Å². The molecule has 1 aliphatic carbocycles. The van der Waals surface area contributed by atoms with Crippen molar-refractivity contribution in [2.24, 2.45) is 0 Å². The van der Waals surface area contributed by atoms with Crippen LogP contribution >= 0.6 is 11.3 Å². The van der Waals surface area contributed by atoms with Crippen LogP contribution in [0.3, 0.4) is 0 Å². The summed E-state index contributed by atoms with van der Waals surface area (Å²) in [6, 6.07) is 13.9. The van der Waals surface area contributed by atoms with Crippen LogP contribution in [0.2, 0.25) is 0 Å². The van der Waals surface area contributed by atoms with E-state index >= 15 is 0 Å². The average Bonchev–Trinajstić information content (AvgIpc) is 3.37. The van der Waals surface area contributed by atoms with Crippen LogP contribution < -0.4 is 20.1 Å². The summed E-state index contributed by atoms with van der Waals surface area (Å²) >= 11 is 1.51. The summed E-state index contributed by atoms with van der Waals surface area (Å²) in [5.74, 6) is 1.29. The van der Waals surface area contributed by atoms with Gasteiger partial charge in [0, 0.05) is 11.9 Å². The second-order valence-electron chi connectivity index (χ2n) is 7.24. The van der Waals surface area contributed by atoms with Crippen LogP contribution in [0.4, 0.5) is 9.93 Å². The Morgan fingerprint density at radius 3 is 2.73 bits per heavy atom. The molecule has 0 aliphatic heterocycles. The van der Waals surface area contributed by atoms with Crippen LogP contribution in [0.1, 0.15) is 16.7 Å². The zero-order chi connectivity index (χ0) is 20.7. The predicted octanol–water partition coefficient (Wildman–Crippen LogP) is 4.89. The molecule has 6 nitrogen and oxygen atoms in total. The lowest BCUT2D eigenvalue weighted by atomic mass is 10.0. The Bertz CT molecular complexity index is 1280. The largest absolute Gasteiger partial charge is 0.493 e. The molecule has 30 heavy (non-hydrogen) atoms. The van der Waals surface area contributed by atoms with E-state index in [9.17, 15) is 4.79 Å². The lowest BCUT2D eigenvalue weighted by Gasteiger charge is -2.10. The summed E-state index contributed by atoms with van der Waals surface area (Å²) in [6.07, 6.45) is 2.16. The normalized spacial score (nSPS) is 12.3. The highest BCUT2D eigenvalue weighted by molar-refractivity contribution is 7.22. The molecule has 0 atom stereocenters. The number of thiazole rings is 1. The predicted molar refractivity (Wildman–Crippen MR) is 120 cm³/mol. The Morgan fingerprint density at radius 2 is 1.90 bits per heavy atom. The van der Waals surface area contributed by atoms with E-state index in [0.29, 0.717) is 23.2 Å². The number of methoxy groups -OCH3 is 2. The van der Waals surface area contributed by atoms with E-state index in [1.807, 2.05) is 18.2 Å². The third-order valence-electron chi connectivity index (χ3n) is 5.47. The third kappa shape index (κ3) is 3.21. The number of nitrogens with zero attached hydrogens (tertiary/aromatic N) is 1.